The third-order valence-corrected chi connectivity index (χ3v) is 4.03. The highest BCUT2D eigenvalue weighted by atomic mass is 16.5. The quantitative estimate of drug-likeness (QED) is 0.829. The summed E-state index contributed by atoms with van der Waals surface area (Å²) in [4.78, 5) is 22.9. The van der Waals surface area contributed by atoms with Gasteiger partial charge in [-0.2, -0.15) is 4.98 Å². The Morgan fingerprint density at radius 3 is 3.00 bits per heavy atom. The van der Waals surface area contributed by atoms with Crippen LogP contribution in [0.25, 0.3) is 0 Å². The number of anilines is 2. The van der Waals surface area contributed by atoms with E-state index < -0.39 is 0 Å². The molecule has 3 heterocycles. The van der Waals surface area contributed by atoms with Gasteiger partial charge in [-0.3, -0.25) is 4.79 Å². The van der Waals surface area contributed by atoms with Crippen LogP contribution >= 0.6 is 0 Å². The predicted molar refractivity (Wildman–Crippen MR) is 71.4 cm³/mol. The minimum absolute atomic E-state index is 0.00491. The van der Waals surface area contributed by atoms with E-state index in [1.165, 1.54) is 6.33 Å². The van der Waals surface area contributed by atoms with Crippen molar-refractivity contribution in [1.82, 2.24) is 9.97 Å². The van der Waals surface area contributed by atoms with E-state index in [0.717, 1.165) is 25.2 Å². The molecule has 1 saturated heterocycles. The van der Waals surface area contributed by atoms with Crippen LogP contribution in [0.5, 0.6) is 5.88 Å². The molecule has 1 aromatic rings. The second-order valence-electron chi connectivity index (χ2n) is 5.76. The van der Waals surface area contributed by atoms with Gasteiger partial charge >= 0.3 is 0 Å². The largest absolute Gasteiger partial charge is 0.479 e. The fourth-order valence-electron chi connectivity index (χ4n) is 3.15. The molecule has 1 N–H and O–H groups in total. The Balaban J connectivity index is 2.11. The number of carbonyl (C=O) groups is 1. The summed E-state index contributed by atoms with van der Waals surface area (Å²) in [6.07, 6.45) is 3.58. The third kappa shape index (κ3) is 1.74. The lowest BCUT2D eigenvalue weighted by atomic mass is 9.75. The van der Waals surface area contributed by atoms with Crippen LogP contribution in [-0.2, 0) is 4.79 Å². The van der Waals surface area contributed by atoms with E-state index in [4.69, 9.17) is 4.74 Å². The molecule has 0 radical (unpaired) electrons. The number of piperidine rings is 1. The smallest absolute Gasteiger partial charge is 0.247 e. The highest BCUT2D eigenvalue weighted by Gasteiger charge is 2.46. The number of nitrogens with zero attached hydrogens (tertiary/aromatic N) is 3. The van der Waals surface area contributed by atoms with Gasteiger partial charge in [0.05, 0.1) is 7.11 Å². The number of fused-ring (bicyclic) bond motifs is 3. The first-order valence-electron chi connectivity index (χ1n) is 6.51. The molecule has 1 fully saturated rings. The summed E-state index contributed by atoms with van der Waals surface area (Å²) in [5.41, 5.74) is 0.530. The summed E-state index contributed by atoms with van der Waals surface area (Å²) in [5, 5.41) is 2.90. The summed E-state index contributed by atoms with van der Waals surface area (Å²) in [6.45, 7) is 5.11. The molecule has 1 amide bonds. The van der Waals surface area contributed by atoms with E-state index >= 15 is 0 Å². The second-order valence-corrected chi connectivity index (χ2v) is 5.76. The molecule has 1 unspecified atom stereocenters. The van der Waals surface area contributed by atoms with Crippen molar-refractivity contribution in [2.24, 2.45) is 5.41 Å². The van der Waals surface area contributed by atoms with Gasteiger partial charge in [0.2, 0.25) is 11.8 Å². The minimum atomic E-state index is -0.173. The molecule has 2 aliphatic rings. The maximum Gasteiger partial charge on any atom is 0.247 e. The Bertz CT molecular complexity index is 529. The lowest BCUT2D eigenvalue weighted by Gasteiger charge is -2.48. The standard InChI is InChI=1S/C13H18N4O2/c1-13(2)5-4-6-17-9(13)11(18)16-8-10(17)14-7-15-12(8)19-3/h7,9H,4-6H2,1-3H3,(H,16,18). The molecular formula is C13H18N4O2. The molecule has 0 bridgehead atoms. The van der Waals surface area contributed by atoms with E-state index in [0.29, 0.717) is 11.6 Å². The fraction of sp³-hybridized carbons (Fsp3) is 0.615. The Hall–Kier alpha value is -1.85. The van der Waals surface area contributed by atoms with E-state index in [9.17, 15) is 4.79 Å². The molecule has 2 aliphatic heterocycles. The monoisotopic (exact) mass is 262 g/mol. The number of rotatable bonds is 1. The lowest BCUT2D eigenvalue weighted by Crippen LogP contribution is -2.58. The van der Waals surface area contributed by atoms with Crippen molar-refractivity contribution in [1.29, 1.82) is 0 Å². The van der Waals surface area contributed by atoms with Gasteiger partial charge in [-0.1, -0.05) is 13.8 Å². The van der Waals surface area contributed by atoms with Crippen molar-refractivity contribution in [2.45, 2.75) is 32.7 Å². The van der Waals surface area contributed by atoms with Gasteiger partial charge in [-0.25, -0.2) is 4.98 Å². The van der Waals surface area contributed by atoms with Gasteiger partial charge in [0.25, 0.3) is 0 Å². The maximum absolute atomic E-state index is 12.4. The van der Waals surface area contributed by atoms with E-state index in [1.54, 1.807) is 7.11 Å². The highest BCUT2D eigenvalue weighted by Crippen LogP contribution is 2.44. The van der Waals surface area contributed by atoms with Crippen LogP contribution in [0.1, 0.15) is 26.7 Å². The van der Waals surface area contributed by atoms with Crippen molar-refractivity contribution in [3.8, 4) is 5.88 Å². The SMILES string of the molecule is COc1ncnc2c1NC(=O)C1N2CCCC1(C)C. The van der Waals surface area contributed by atoms with Crippen molar-refractivity contribution >= 4 is 17.4 Å². The van der Waals surface area contributed by atoms with Gasteiger partial charge in [-0.15, -0.1) is 0 Å². The number of nitrogens with one attached hydrogen (secondary N) is 1. The molecule has 0 spiro atoms. The molecule has 6 heteroatoms. The Morgan fingerprint density at radius 2 is 2.26 bits per heavy atom. The van der Waals surface area contributed by atoms with Gasteiger partial charge in [-0.05, 0) is 18.3 Å². The van der Waals surface area contributed by atoms with Crippen LogP contribution in [-0.4, -0.2) is 35.6 Å². The minimum Gasteiger partial charge on any atom is -0.479 e. The molecule has 6 nitrogen and oxygen atoms in total. The van der Waals surface area contributed by atoms with Gasteiger partial charge < -0.3 is 15.0 Å². The average molecular weight is 262 g/mol. The zero-order chi connectivity index (χ0) is 13.6. The highest BCUT2D eigenvalue weighted by molar-refractivity contribution is 6.04. The topological polar surface area (TPSA) is 67.4 Å². The van der Waals surface area contributed by atoms with Gasteiger partial charge in [0.1, 0.15) is 18.1 Å². The first-order chi connectivity index (χ1) is 9.04. The number of carbonyl (C=O) groups excluding carboxylic acids is 1. The molecule has 1 atom stereocenters. The molecule has 0 aromatic carbocycles. The summed E-state index contributed by atoms with van der Waals surface area (Å²) < 4.78 is 5.20. The molecule has 19 heavy (non-hydrogen) atoms. The number of amides is 1. The van der Waals surface area contributed by atoms with Crippen LogP contribution < -0.4 is 15.0 Å². The second kappa shape index (κ2) is 4.08. The maximum atomic E-state index is 12.4. The third-order valence-electron chi connectivity index (χ3n) is 4.03. The van der Waals surface area contributed by atoms with E-state index in [-0.39, 0.29) is 17.4 Å². The van der Waals surface area contributed by atoms with Crippen LogP contribution in [0.3, 0.4) is 0 Å². The summed E-state index contributed by atoms with van der Waals surface area (Å²) in [6, 6.07) is -0.173. The van der Waals surface area contributed by atoms with Crippen LogP contribution in [0.15, 0.2) is 6.33 Å². The van der Waals surface area contributed by atoms with E-state index in [2.05, 4.69) is 34.0 Å². The van der Waals surface area contributed by atoms with Crippen molar-refractivity contribution in [2.75, 3.05) is 23.9 Å². The molecule has 1 aromatic heterocycles. The number of aromatic nitrogens is 2. The number of hydrogen-bond acceptors (Lipinski definition) is 5. The van der Waals surface area contributed by atoms with Crippen molar-refractivity contribution in [3.05, 3.63) is 6.33 Å². The molecular weight excluding hydrogens is 244 g/mol. The molecule has 0 aliphatic carbocycles. The zero-order valence-electron chi connectivity index (χ0n) is 11.4. The Kier molecular flexibility index (Phi) is 2.62. The molecule has 102 valence electrons. The van der Waals surface area contributed by atoms with Crippen LogP contribution in [0.4, 0.5) is 11.5 Å². The zero-order valence-corrected chi connectivity index (χ0v) is 11.4. The normalized spacial score (nSPS) is 24.3. The first kappa shape index (κ1) is 12.2. The summed E-state index contributed by atoms with van der Waals surface area (Å²) >= 11 is 0. The molecule has 3 rings (SSSR count). The van der Waals surface area contributed by atoms with Crippen LogP contribution in [0, 0.1) is 5.41 Å². The van der Waals surface area contributed by atoms with Gasteiger partial charge in [0, 0.05) is 6.54 Å². The number of hydrogen-bond donors (Lipinski definition) is 1. The van der Waals surface area contributed by atoms with Crippen LogP contribution in [0.2, 0.25) is 0 Å². The van der Waals surface area contributed by atoms with Crippen molar-refractivity contribution < 1.29 is 9.53 Å². The summed E-state index contributed by atoms with van der Waals surface area (Å²) in [5.74, 6) is 1.19. The predicted octanol–water partition coefficient (Wildman–Crippen LogP) is 1.43. The number of methoxy groups -OCH3 is 1. The Morgan fingerprint density at radius 1 is 1.47 bits per heavy atom. The first-order valence-corrected chi connectivity index (χ1v) is 6.51. The van der Waals surface area contributed by atoms with Crippen molar-refractivity contribution in [3.63, 3.8) is 0 Å². The Labute approximate surface area is 112 Å². The number of ether oxygens (including phenoxy) is 1. The fourth-order valence-corrected chi connectivity index (χ4v) is 3.15. The average Bonchev–Trinajstić information content (AvgIpc) is 2.37. The summed E-state index contributed by atoms with van der Waals surface area (Å²) in [7, 11) is 1.54. The van der Waals surface area contributed by atoms with Gasteiger partial charge in [0.15, 0.2) is 5.82 Å². The lowest BCUT2D eigenvalue weighted by molar-refractivity contribution is -0.120. The molecule has 0 saturated carbocycles. The van der Waals surface area contributed by atoms with E-state index in [1.807, 2.05) is 0 Å².